The topological polar surface area (TPSA) is 55.1 Å². The zero-order valence-corrected chi connectivity index (χ0v) is 11.6. The molecule has 0 saturated heterocycles. The Balaban J connectivity index is 2.12. The molecule has 0 bridgehead atoms. The van der Waals surface area contributed by atoms with E-state index in [-0.39, 0.29) is 5.56 Å². The van der Waals surface area contributed by atoms with E-state index in [9.17, 15) is 9.18 Å². The van der Waals surface area contributed by atoms with Gasteiger partial charge in [-0.1, -0.05) is 17.9 Å². The average molecular weight is 282 g/mol. The molecule has 0 heterocycles. The fourth-order valence-electron chi connectivity index (χ4n) is 1.79. The molecule has 2 aromatic rings. The quantitative estimate of drug-likeness (QED) is 0.832. The van der Waals surface area contributed by atoms with Crippen molar-refractivity contribution < 1.29 is 9.18 Å². The van der Waals surface area contributed by atoms with E-state index >= 15 is 0 Å². The van der Waals surface area contributed by atoms with Crippen LogP contribution in [0.5, 0.6) is 0 Å². The first-order valence-corrected chi connectivity index (χ1v) is 6.46. The molecule has 4 heteroatoms. The van der Waals surface area contributed by atoms with Crippen molar-refractivity contribution in [3.05, 3.63) is 65.0 Å². The number of nitrogens with one attached hydrogen (secondary N) is 1. The summed E-state index contributed by atoms with van der Waals surface area (Å²) >= 11 is 0. The van der Waals surface area contributed by atoms with Crippen molar-refractivity contribution in [2.45, 2.75) is 6.92 Å². The van der Waals surface area contributed by atoms with E-state index in [4.69, 9.17) is 5.73 Å². The van der Waals surface area contributed by atoms with E-state index in [2.05, 4.69) is 17.2 Å². The second kappa shape index (κ2) is 6.69. The highest BCUT2D eigenvalue weighted by Gasteiger charge is 2.11. The standard InChI is InChI=1S/C17H15FN2O/c1-12-4-9-15(16(18)11-12)17(21)20-14-7-5-13(6-8-14)3-2-10-19/h4-9,11H,10,19H2,1H3,(H,20,21). The van der Waals surface area contributed by atoms with Crippen LogP contribution in [0.3, 0.4) is 0 Å². The number of rotatable bonds is 2. The lowest BCUT2D eigenvalue weighted by Crippen LogP contribution is -2.13. The number of hydrogen-bond acceptors (Lipinski definition) is 2. The summed E-state index contributed by atoms with van der Waals surface area (Å²) in [6, 6.07) is 11.5. The molecule has 0 unspecified atom stereocenters. The van der Waals surface area contributed by atoms with Gasteiger partial charge in [0.25, 0.3) is 5.91 Å². The first-order chi connectivity index (χ1) is 10.1. The lowest BCUT2D eigenvalue weighted by molar-refractivity contribution is 0.102. The maximum absolute atomic E-state index is 13.7. The Morgan fingerprint density at radius 3 is 2.57 bits per heavy atom. The summed E-state index contributed by atoms with van der Waals surface area (Å²) in [5.74, 6) is 4.62. The Bertz CT molecular complexity index is 712. The number of carbonyl (C=O) groups excluding carboxylic acids is 1. The van der Waals surface area contributed by atoms with Crippen LogP contribution in [0, 0.1) is 24.6 Å². The van der Waals surface area contributed by atoms with E-state index in [0.29, 0.717) is 12.2 Å². The van der Waals surface area contributed by atoms with Gasteiger partial charge in [-0.3, -0.25) is 4.79 Å². The molecule has 0 aromatic heterocycles. The van der Waals surface area contributed by atoms with Crippen LogP contribution in [0.1, 0.15) is 21.5 Å². The van der Waals surface area contributed by atoms with Crippen molar-refractivity contribution >= 4 is 11.6 Å². The predicted molar refractivity (Wildman–Crippen MR) is 81.5 cm³/mol. The zero-order valence-electron chi connectivity index (χ0n) is 11.6. The van der Waals surface area contributed by atoms with Gasteiger partial charge in [0.1, 0.15) is 5.82 Å². The van der Waals surface area contributed by atoms with Crippen LogP contribution in [0.25, 0.3) is 0 Å². The molecule has 0 atom stereocenters. The summed E-state index contributed by atoms with van der Waals surface area (Å²) in [5, 5.41) is 2.65. The van der Waals surface area contributed by atoms with Gasteiger partial charge in [-0.15, -0.1) is 0 Å². The van der Waals surface area contributed by atoms with Gasteiger partial charge in [-0.05, 0) is 48.9 Å². The summed E-state index contributed by atoms with van der Waals surface area (Å²) in [4.78, 5) is 12.0. The van der Waals surface area contributed by atoms with Crippen molar-refractivity contribution in [3.8, 4) is 11.8 Å². The third-order valence-corrected chi connectivity index (χ3v) is 2.85. The smallest absolute Gasteiger partial charge is 0.258 e. The molecule has 3 nitrogen and oxygen atoms in total. The molecule has 1 amide bonds. The van der Waals surface area contributed by atoms with Crippen LogP contribution in [0.15, 0.2) is 42.5 Å². The van der Waals surface area contributed by atoms with E-state index < -0.39 is 11.7 Å². The normalized spacial score (nSPS) is 9.67. The second-order valence-corrected chi connectivity index (χ2v) is 4.52. The van der Waals surface area contributed by atoms with Crippen LogP contribution < -0.4 is 11.1 Å². The maximum atomic E-state index is 13.7. The molecular formula is C17H15FN2O. The minimum absolute atomic E-state index is 0.0209. The van der Waals surface area contributed by atoms with Crippen LogP contribution in [0.2, 0.25) is 0 Å². The first-order valence-electron chi connectivity index (χ1n) is 6.46. The van der Waals surface area contributed by atoms with Gasteiger partial charge >= 0.3 is 0 Å². The van der Waals surface area contributed by atoms with Gasteiger partial charge in [-0.25, -0.2) is 4.39 Å². The Kier molecular flexibility index (Phi) is 4.70. The monoisotopic (exact) mass is 282 g/mol. The molecule has 2 rings (SSSR count). The molecule has 3 N–H and O–H groups in total. The van der Waals surface area contributed by atoms with Crippen molar-refractivity contribution in [2.24, 2.45) is 5.73 Å². The zero-order chi connectivity index (χ0) is 15.2. The molecular weight excluding hydrogens is 267 g/mol. The van der Waals surface area contributed by atoms with E-state index in [1.165, 1.54) is 12.1 Å². The van der Waals surface area contributed by atoms with E-state index in [1.807, 2.05) is 0 Å². The average Bonchev–Trinajstić information content (AvgIpc) is 2.46. The molecule has 21 heavy (non-hydrogen) atoms. The number of halogens is 1. The summed E-state index contributed by atoms with van der Waals surface area (Å²) in [7, 11) is 0. The Labute approximate surface area is 123 Å². The second-order valence-electron chi connectivity index (χ2n) is 4.52. The summed E-state index contributed by atoms with van der Waals surface area (Å²) in [6.07, 6.45) is 0. The molecule has 2 aromatic carbocycles. The number of hydrogen-bond donors (Lipinski definition) is 2. The first kappa shape index (κ1) is 14.8. The number of nitrogens with two attached hydrogens (primary N) is 1. The van der Waals surface area contributed by atoms with Gasteiger partial charge < -0.3 is 11.1 Å². The molecule has 0 aliphatic heterocycles. The Morgan fingerprint density at radius 2 is 1.95 bits per heavy atom. The number of amides is 1. The summed E-state index contributed by atoms with van der Waals surface area (Å²) in [6.45, 7) is 2.07. The number of benzene rings is 2. The molecule has 0 spiro atoms. The lowest BCUT2D eigenvalue weighted by atomic mass is 10.1. The van der Waals surface area contributed by atoms with Gasteiger partial charge in [0.15, 0.2) is 0 Å². The Hall–Kier alpha value is -2.64. The van der Waals surface area contributed by atoms with E-state index in [1.54, 1.807) is 37.3 Å². The largest absolute Gasteiger partial charge is 0.322 e. The molecule has 0 fully saturated rings. The van der Waals surface area contributed by atoms with Crippen LogP contribution in [0.4, 0.5) is 10.1 Å². The third kappa shape index (κ3) is 3.91. The van der Waals surface area contributed by atoms with Gasteiger partial charge in [0.05, 0.1) is 12.1 Å². The van der Waals surface area contributed by atoms with Crippen LogP contribution in [-0.4, -0.2) is 12.5 Å². The molecule has 106 valence electrons. The van der Waals surface area contributed by atoms with Crippen molar-refractivity contribution in [2.75, 3.05) is 11.9 Å². The fourth-order valence-corrected chi connectivity index (χ4v) is 1.79. The highest BCUT2D eigenvalue weighted by molar-refractivity contribution is 6.04. The maximum Gasteiger partial charge on any atom is 0.258 e. The van der Waals surface area contributed by atoms with Crippen LogP contribution in [-0.2, 0) is 0 Å². The van der Waals surface area contributed by atoms with E-state index in [0.717, 1.165) is 11.1 Å². The van der Waals surface area contributed by atoms with Gasteiger partial charge in [-0.2, -0.15) is 0 Å². The number of aryl methyl sites for hydroxylation is 1. The predicted octanol–water partition coefficient (Wildman–Crippen LogP) is 2.70. The van der Waals surface area contributed by atoms with Crippen molar-refractivity contribution in [1.82, 2.24) is 0 Å². The molecule has 0 radical (unpaired) electrons. The molecule has 0 aliphatic carbocycles. The minimum atomic E-state index is -0.530. The fraction of sp³-hybridized carbons (Fsp3) is 0.118. The number of anilines is 1. The third-order valence-electron chi connectivity index (χ3n) is 2.85. The SMILES string of the molecule is Cc1ccc(C(=O)Nc2ccc(C#CCN)cc2)c(F)c1. The van der Waals surface area contributed by atoms with Crippen LogP contribution >= 0.6 is 0 Å². The lowest BCUT2D eigenvalue weighted by Gasteiger charge is -2.06. The summed E-state index contributed by atoms with van der Waals surface area (Å²) in [5.41, 5.74) is 7.47. The molecule has 0 saturated carbocycles. The summed E-state index contributed by atoms with van der Waals surface area (Å²) < 4.78 is 13.7. The highest BCUT2D eigenvalue weighted by atomic mass is 19.1. The Morgan fingerprint density at radius 1 is 1.24 bits per heavy atom. The highest BCUT2D eigenvalue weighted by Crippen LogP contribution is 2.14. The molecule has 0 aliphatic rings. The number of carbonyl (C=O) groups is 1. The van der Waals surface area contributed by atoms with Gasteiger partial charge in [0.2, 0.25) is 0 Å². The minimum Gasteiger partial charge on any atom is -0.322 e. The van der Waals surface area contributed by atoms with Crippen molar-refractivity contribution in [3.63, 3.8) is 0 Å². The van der Waals surface area contributed by atoms with Crippen molar-refractivity contribution in [1.29, 1.82) is 0 Å². The van der Waals surface area contributed by atoms with Gasteiger partial charge in [0, 0.05) is 11.3 Å².